The molecule has 0 atom stereocenters. The third-order valence-electron chi connectivity index (χ3n) is 2.23. The summed E-state index contributed by atoms with van der Waals surface area (Å²) >= 11 is 0. The Hall–Kier alpha value is -1.68. The van der Waals surface area contributed by atoms with Gasteiger partial charge in [-0.25, -0.2) is 9.97 Å². The molecule has 4 heteroatoms. The number of aromatic nitrogens is 2. The van der Waals surface area contributed by atoms with E-state index in [1.165, 1.54) is 0 Å². The molecule has 2 rings (SSSR count). The Morgan fingerprint density at radius 2 is 2.19 bits per heavy atom. The Morgan fingerprint density at radius 1 is 1.31 bits per heavy atom. The zero-order chi connectivity index (χ0) is 11.4. The van der Waals surface area contributed by atoms with Crippen molar-refractivity contribution in [2.75, 3.05) is 6.54 Å². The molecular formula is C12H15N3O. The van der Waals surface area contributed by atoms with E-state index in [9.17, 15) is 0 Å². The van der Waals surface area contributed by atoms with Crippen molar-refractivity contribution in [1.82, 2.24) is 15.3 Å². The molecular weight excluding hydrogens is 202 g/mol. The zero-order valence-corrected chi connectivity index (χ0v) is 9.53. The summed E-state index contributed by atoms with van der Waals surface area (Å²) in [6.45, 7) is 5.57. The molecule has 0 aromatic carbocycles. The smallest absolute Gasteiger partial charge is 0.152 e. The van der Waals surface area contributed by atoms with Crippen LogP contribution in [0.3, 0.4) is 0 Å². The van der Waals surface area contributed by atoms with E-state index in [1.807, 2.05) is 25.1 Å². The molecule has 2 aromatic heterocycles. The van der Waals surface area contributed by atoms with E-state index in [4.69, 9.17) is 4.42 Å². The van der Waals surface area contributed by atoms with Gasteiger partial charge in [-0.2, -0.15) is 0 Å². The molecule has 0 aliphatic rings. The lowest BCUT2D eigenvalue weighted by molar-refractivity contribution is 0.545. The average molecular weight is 217 g/mol. The van der Waals surface area contributed by atoms with Crippen molar-refractivity contribution in [2.45, 2.75) is 20.4 Å². The summed E-state index contributed by atoms with van der Waals surface area (Å²) in [6.07, 6.45) is 1.76. The number of hydrogen-bond donors (Lipinski definition) is 1. The molecule has 16 heavy (non-hydrogen) atoms. The molecule has 0 aliphatic carbocycles. The normalized spacial score (nSPS) is 10.6. The lowest BCUT2D eigenvalue weighted by atomic mass is 10.3. The number of hydrogen-bond acceptors (Lipinski definition) is 4. The van der Waals surface area contributed by atoms with E-state index >= 15 is 0 Å². The Labute approximate surface area is 94.7 Å². The lowest BCUT2D eigenvalue weighted by Crippen LogP contribution is -2.14. The van der Waals surface area contributed by atoms with Crippen LogP contribution in [0.1, 0.15) is 18.5 Å². The second-order valence-electron chi connectivity index (χ2n) is 3.55. The monoisotopic (exact) mass is 217 g/mol. The second kappa shape index (κ2) is 4.90. The van der Waals surface area contributed by atoms with Gasteiger partial charge >= 0.3 is 0 Å². The van der Waals surface area contributed by atoms with Crippen molar-refractivity contribution in [3.8, 4) is 11.5 Å². The van der Waals surface area contributed by atoms with Crippen molar-refractivity contribution in [1.29, 1.82) is 0 Å². The molecule has 0 radical (unpaired) electrons. The highest BCUT2D eigenvalue weighted by atomic mass is 16.3. The van der Waals surface area contributed by atoms with Gasteiger partial charge in [-0.3, -0.25) is 0 Å². The van der Waals surface area contributed by atoms with Crippen LogP contribution in [0.5, 0.6) is 0 Å². The van der Waals surface area contributed by atoms with Gasteiger partial charge in [0.1, 0.15) is 17.3 Å². The third kappa shape index (κ3) is 2.46. The molecule has 0 saturated heterocycles. The summed E-state index contributed by atoms with van der Waals surface area (Å²) in [5.74, 6) is 2.47. The highest BCUT2D eigenvalue weighted by molar-refractivity contribution is 5.51. The first-order valence-corrected chi connectivity index (χ1v) is 5.39. The fourth-order valence-corrected chi connectivity index (χ4v) is 1.43. The molecule has 84 valence electrons. The SMILES string of the molecule is CCNCc1nccc(-c2ccc(C)o2)n1. The fraction of sp³-hybridized carbons (Fsp3) is 0.333. The van der Waals surface area contributed by atoms with Gasteiger partial charge in [0.2, 0.25) is 0 Å². The topological polar surface area (TPSA) is 51.0 Å². The fourth-order valence-electron chi connectivity index (χ4n) is 1.43. The van der Waals surface area contributed by atoms with Gasteiger partial charge in [-0.15, -0.1) is 0 Å². The number of furan rings is 1. The van der Waals surface area contributed by atoms with Crippen LogP contribution < -0.4 is 5.32 Å². The standard InChI is InChI=1S/C12H15N3O/c1-3-13-8-12-14-7-6-10(15-12)11-5-4-9(2)16-11/h4-7,13H,3,8H2,1-2H3. The van der Waals surface area contributed by atoms with Crippen LogP contribution in [-0.2, 0) is 6.54 Å². The molecule has 2 heterocycles. The zero-order valence-electron chi connectivity index (χ0n) is 9.53. The minimum atomic E-state index is 0.685. The van der Waals surface area contributed by atoms with E-state index in [0.29, 0.717) is 6.54 Å². The Morgan fingerprint density at radius 3 is 2.88 bits per heavy atom. The quantitative estimate of drug-likeness (QED) is 0.852. The number of nitrogens with zero attached hydrogens (tertiary/aromatic N) is 2. The van der Waals surface area contributed by atoms with Gasteiger partial charge < -0.3 is 9.73 Å². The largest absolute Gasteiger partial charge is 0.460 e. The third-order valence-corrected chi connectivity index (χ3v) is 2.23. The highest BCUT2D eigenvalue weighted by Crippen LogP contribution is 2.19. The van der Waals surface area contributed by atoms with E-state index in [2.05, 4.69) is 22.2 Å². The molecule has 0 unspecified atom stereocenters. The Bertz CT molecular complexity index is 465. The summed E-state index contributed by atoms with van der Waals surface area (Å²) in [4.78, 5) is 8.62. The van der Waals surface area contributed by atoms with Crippen LogP contribution in [0.15, 0.2) is 28.8 Å². The van der Waals surface area contributed by atoms with Crippen molar-refractivity contribution in [2.24, 2.45) is 0 Å². The van der Waals surface area contributed by atoms with Crippen LogP contribution in [-0.4, -0.2) is 16.5 Å². The van der Waals surface area contributed by atoms with Gasteiger partial charge in [-0.05, 0) is 31.7 Å². The summed E-state index contributed by atoms with van der Waals surface area (Å²) in [7, 11) is 0. The predicted molar refractivity (Wildman–Crippen MR) is 61.9 cm³/mol. The van der Waals surface area contributed by atoms with Gasteiger partial charge in [0.15, 0.2) is 5.76 Å². The van der Waals surface area contributed by atoms with Crippen molar-refractivity contribution < 1.29 is 4.42 Å². The van der Waals surface area contributed by atoms with E-state index in [0.717, 1.165) is 29.6 Å². The molecule has 0 spiro atoms. The maximum Gasteiger partial charge on any atom is 0.152 e. The summed E-state index contributed by atoms with van der Waals surface area (Å²) in [5, 5.41) is 3.19. The van der Waals surface area contributed by atoms with Crippen LogP contribution in [0.2, 0.25) is 0 Å². The maximum absolute atomic E-state index is 5.52. The van der Waals surface area contributed by atoms with E-state index in [-0.39, 0.29) is 0 Å². The van der Waals surface area contributed by atoms with Gasteiger partial charge in [0, 0.05) is 6.20 Å². The first-order valence-electron chi connectivity index (χ1n) is 5.39. The molecule has 0 fully saturated rings. The average Bonchev–Trinajstić information content (AvgIpc) is 2.74. The van der Waals surface area contributed by atoms with E-state index in [1.54, 1.807) is 6.20 Å². The van der Waals surface area contributed by atoms with Crippen LogP contribution in [0, 0.1) is 6.92 Å². The number of rotatable bonds is 4. The Balaban J connectivity index is 2.22. The molecule has 0 bridgehead atoms. The first kappa shape index (κ1) is 10.8. The molecule has 2 aromatic rings. The highest BCUT2D eigenvalue weighted by Gasteiger charge is 2.05. The lowest BCUT2D eigenvalue weighted by Gasteiger charge is -2.01. The summed E-state index contributed by atoms with van der Waals surface area (Å²) in [5.41, 5.74) is 0.830. The molecule has 1 N–H and O–H groups in total. The van der Waals surface area contributed by atoms with Crippen molar-refractivity contribution in [3.05, 3.63) is 36.0 Å². The number of nitrogens with one attached hydrogen (secondary N) is 1. The first-order chi connectivity index (χ1) is 7.79. The molecule has 4 nitrogen and oxygen atoms in total. The van der Waals surface area contributed by atoms with Crippen molar-refractivity contribution >= 4 is 0 Å². The Kier molecular flexibility index (Phi) is 3.31. The number of aryl methyl sites for hydroxylation is 1. The summed E-state index contributed by atoms with van der Waals surface area (Å²) in [6, 6.07) is 5.71. The van der Waals surface area contributed by atoms with Crippen molar-refractivity contribution in [3.63, 3.8) is 0 Å². The summed E-state index contributed by atoms with van der Waals surface area (Å²) < 4.78 is 5.52. The molecule has 0 amide bonds. The molecule has 0 saturated carbocycles. The van der Waals surface area contributed by atoms with Gasteiger partial charge in [0.05, 0.1) is 6.54 Å². The van der Waals surface area contributed by atoms with Crippen LogP contribution in [0.25, 0.3) is 11.5 Å². The van der Waals surface area contributed by atoms with E-state index < -0.39 is 0 Å². The maximum atomic E-state index is 5.52. The minimum absolute atomic E-state index is 0.685. The molecule has 0 aliphatic heterocycles. The minimum Gasteiger partial charge on any atom is -0.460 e. The van der Waals surface area contributed by atoms with Crippen LogP contribution in [0.4, 0.5) is 0 Å². The van der Waals surface area contributed by atoms with Gasteiger partial charge in [-0.1, -0.05) is 6.92 Å². The van der Waals surface area contributed by atoms with Gasteiger partial charge in [0.25, 0.3) is 0 Å². The second-order valence-corrected chi connectivity index (χ2v) is 3.55. The predicted octanol–water partition coefficient (Wildman–Crippen LogP) is 2.15. The van der Waals surface area contributed by atoms with Crippen LogP contribution >= 0.6 is 0 Å².